The lowest BCUT2D eigenvalue weighted by Gasteiger charge is -2.22. The molecule has 0 bridgehead atoms. The summed E-state index contributed by atoms with van der Waals surface area (Å²) in [6.45, 7) is 7.79. The third-order valence-electron chi connectivity index (χ3n) is 2.26. The molecule has 2 nitrogen and oxygen atoms in total. The molecule has 4 heteroatoms. The van der Waals surface area contributed by atoms with Crippen LogP contribution in [0.2, 0.25) is 0 Å². The van der Waals surface area contributed by atoms with Gasteiger partial charge >= 0.3 is 5.97 Å². The number of halogens is 2. The standard InChI is InChI=1S/C12H20BrClO2/c1-9(7-8-16-10(2)15)5-6-11(13)12(3,4)14/h7,11H,5-6,8H2,1-4H3/b9-7+. The molecule has 0 aromatic heterocycles. The van der Waals surface area contributed by atoms with Gasteiger partial charge < -0.3 is 4.74 Å². The van der Waals surface area contributed by atoms with Crippen LogP contribution in [0, 0.1) is 0 Å². The van der Waals surface area contributed by atoms with Gasteiger partial charge in [-0.25, -0.2) is 0 Å². The Labute approximate surface area is 112 Å². The highest BCUT2D eigenvalue weighted by molar-refractivity contribution is 9.09. The van der Waals surface area contributed by atoms with E-state index in [0.717, 1.165) is 12.8 Å². The Morgan fingerprint density at radius 3 is 2.50 bits per heavy atom. The molecule has 1 atom stereocenters. The van der Waals surface area contributed by atoms with Gasteiger partial charge in [0.1, 0.15) is 6.61 Å². The lowest BCUT2D eigenvalue weighted by Crippen LogP contribution is -2.24. The molecule has 0 N–H and O–H groups in total. The van der Waals surface area contributed by atoms with E-state index in [2.05, 4.69) is 15.9 Å². The number of rotatable bonds is 6. The molecule has 0 radical (unpaired) electrons. The fraction of sp³-hybridized carbons (Fsp3) is 0.750. The van der Waals surface area contributed by atoms with E-state index < -0.39 is 0 Å². The van der Waals surface area contributed by atoms with Crippen molar-refractivity contribution in [3.63, 3.8) is 0 Å². The normalized spacial score (nSPS) is 14.8. The molecule has 0 aliphatic carbocycles. The molecule has 0 fully saturated rings. The van der Waals surface area contributed by atoms with Crippen LogP contribution < -0.4 is 0 Å². The third kappa shape index (κ3) is 8.17. The third-order valence-corrected chi connectivity index (χ3v) is 4.38. The van der Waals surface area contributed by atoms with Crippen LogP contribution >= 0.6 is 27.5 Å². The number of carbonyl (C=O) groups is 1. The Morgan fingerprint density at radius 1 is 1.50 bits per heavy atom. The van der Waals surface area contributed by atoms with E-state index in [1.807, 2.05) is 26.8 Å². The number of allylic oxidation sites excluding steroid dienone is 1. The summed E-state index contributed by atoms with van der Waals surface area (Å²) in [5, 5.41) is 0. The Bertz CT molecular complexity index is 256. The zero-order chi connectivity index (χ0) is 12.8. The van der Waals surface area contributed by atoms with Gasteiger partial charge in [0.25, 0.3) is 0 Å². The lowest BCUT2D eigenvalue weighted by atomic mass is 10.0. The van der Waals surface area contributed by atoms with Gasteiger partial charge in [-0.15, -0.1) is 11.6 Å². The lowest BCUT2D eigenvalue weighted by molar-refractivity contribution is -0.139. The first-order valence-electron chi connectivity index (χ1n) is 5.35. The Balaban J connectivity index is 3.88. The zero-order valence-electron chi connectivity index (χ0n) is 10.3. The zero-order valence-corrected chi connectivity index (χ0v) is 12.7. The predicted molar refractivity (Wildman–Crippen MR) is 72.3 cm³/mol. The Morgan fingerprint density at radius 2 is 2.06 bits per heavy atom. The summed E-state index contributed by atoms with van der Waals surface area (Å²) in [6, 6.07) is 0. The molecule has 0 aromatic rings. The van der Waals surface area contributed by atoms with Crippen molar-refractivity contribution in [3.8, 4) is 0 Å². The molecule has 16 heavy (non-hydrogen) atoms. The molecule has 0 amide bonds. The first-order chi connectivity index (χ1) is 7.23. The van der Waals surface area contributed by atoms with Gasteiger partial charge in [0.2, 0.25) is 0 Å². The van der Waals surface area contributed by atoms with Gasteiger partial charge in [0.05, 0.1) is 4.87 Å². The minimum absolute atomic E-state index is 0.240. The number of ether oxygens (including phenoxy) is 1. The summed E-state index contributed by atoms with van der Waals surface area (Å²) in [5.41, 5.74) is 1.21. The highest BCUT2D eigenvalue weighted by Gasteiger charge is 2.23. The van der Waals surface area contributed by atoms with E-state index in [-0.39, 0.29) is 15.7 Å². The monoisotopic (exact) mass is 310 g/mol. The fourth-order valence-electron chi connectivity index (χ4n) is 1.10. The maximum Gasteiger partial charge on any atom is 0.302 e. The molecule has 0 aliphatic rings. The summed E-state index contributed by atoms with van der Waals surface area (Å²) in [6.07, 6.45) is 3.86. The number of alkyl halides is 2. The van der Waals surface area contributed by atoms with E-state index in [0.29, 0.717) is 6.61 Å². The van der Waals surface area contributed by atoms with Gasteiger partial charge in [-0.05, 0) is 39.7 Å². The van der Waals surface area contributed by atoms with Crippen molar-refractivity contribution in [2.24, 2.45) is 0 Å². The van der Waals surface area contributed by atoms with Crippen molar-refractivity contribution in [2.75, 3.05) is 6.61 Å². The number of carbonyl (C=O) groups excluding carboxylic acids is 1. The molecule has 0 heterocycles. The Hall–Kier alpha value is -0.0200. The van der Waals surface area contributed by atoms with Crippen LogP contribution in [0.4, 0.5) is 0 Å². The molecule has 0 saturated heterocycles. The first-order valence-corrected chi connectivity index (χ1v) is 6.65. The van der Waals surface area contributed by atoms with Gasteiger partial charge in [0.15, 0.2) is 0 Å². The number of hydrogen-bond donors (Lipinski definition) is 0. The maximum absolute atomic E-state index is 10.5. The van der Waals surface area contributed by atoms with E-state index in [1.54, 1.807) is 0 Å². The van der Waals surface area contributed by atoms with E-state index in [9.17, 15) is 4.79 Å². The minimum atomic E-state index is -0.246. The van der Waals surface area contributed by atoms with Gasteiger partial charge in [-0.1, -0.05) is 21.5 Å². The highest BCUT2D eigenvalue weighted by Crippen LogP contribution is 2.29. The molecule has 94 valence electrons. The smallest absolute Gasteiger partial charge is 0.302 e. The van der Waals surface area contributed by atoms with E-state index in [4.69, 9.17) is 16.3 Å². The Kier molecular flexibility index (Phi) is 7.32. The van der Waals surface area contributed by atoms with Gasteiger partial charge in [-0.2, -0.15) is 0 Å². The molecule has 0 aliphatic heterocycles. The molecule has 0 spiro atoms. The van der Waals surface area contributed by atoms with Crippen molar-refractivity contribution < 1.29 is 9.53 Å². The molecule has 0 saturated carbocycles. The van der Waals surface area contributed by atoms with Crippen molar-refractivity contribution >= 4 is 33.5 Å². The van der Waals surface area contributed by atoms with Crippen LogP contribution in [0.1, 0.15) is 40.5 Å². The van der Waals surface area contributed by atoms with Crippen LogP contribution in [0.15, 0.2) is 11.6 Å². The molecule has 0 rings (SSSR count). The van der Waals surface area contributed by atoms with Crippen LogP contribution in [0.25, 0.3) is 0 Å². The van der Waals surface area contributed by atoms with Crippen LogP contribution in [-0.4, -0.2) is 22.3 Å². The maximum atomic E-state index is 10.5. The number of esters is 1. The second kappa shape index (κ2) is 7.33. The second-order valence-electron chi connectivity index (χ2n) is 4.42. The van der Waals surface area contributed by atoms with Crippen molar-refractivity contribution in [2.45, 2.75) is 50.2 Å². The average molecular weight is 312 g/mol. The van der Waals surface area contributed by atoms with Crippen LogP contribution in [0.3, 0.4) is 0 Å². The summed E-state index contributed by atoms with van der Waals surface area (Å²) in [7, 11) is 0. The molecule has 1 unspecified atom stereocenters. The van der Waals surface area contributed by atoms with E-state index >= 15 is 0 Å². The predicted octanol–water partition coefficient (Wildman–Crippen LogP) is 4.06. The van der Waals surface area contributed by atoms with Crippen molar-refractivity contribution in [1.82, 2.24) is 0 Å². The van der Waals surface area contributed by atoms with Crippen LogP contribution in [-0.2, 0) is 9.53 Å². The molecular weight excluding hydrogens is 291 g/mol. The van der Waals surface area contributed by atoms with Crippen molar-refractivity contribution in [3.05, 3.63) is 11.6 Å². The fourth-order valence-corrected chi connectivity index (χ4v) is 1.44. The second-order valence-corrected chi connectivity index (χ2v) is 6.50. The summed E-state index contributed by atoms with van der Waals surface area (Å²) in [4.78, 5) is 10.6. The SMILES string of the molecule is CC(=O)OC/C=C(\C)CCC(Br)C(C)(C)Cl. The summed E-state index contributed by atoms with van der Waals surface area (Å²) >= 11 is 9.75. The highest BCUT2D eigenvalue weighted by atomic mass is 79.9. The molecular formula is C12H20BrClO2. The molecule has 0 aromatic carbocycles. The quantitative estimate of drug-likeness (QED) is 0.420. The average Bonchev–Trinajstić information content (AvgIpc) is 2.11. The first kappa shape index (κ1) is 16.0. The summed E-state index contributed by atoms with van der Waals surface area (Å²) in [5.74, 6) is -0.246. The van der Waals surface area contributed by atoms with E-state index in [1.165, 1.54) is 12.5 Å². The van der Waals surface area contributed by atoms with Gasteiger partial charge in [0, 0.05) is 11.8 Å². The summed E-state index contributed by atoms with van der Waals surface area (Å²) < 4.78 is 4.83. The largest absolute Gasteiger partial charge is 0.462 e. The number of hydrogen-bond acceptors (Lipinski definition) is 2. The minimum Gasteiger partial charge on any atom is -0.462 e. The topological polar surface area (TPSA) is 26.3 Å². The van der Waals surface area contributed by atoms with Crippen molar-refractivity contribution in [1.29, 1.82) is 0 Å². The van der Waals surface area contributed by atoms with Gasteiger partial charge in [-0.3, -0.25) is 4.79 Å². The van der Waals surface area contributed by atoms with Crippen LogP contribution in [0.5, 0.6) is 0 Å².